The van der Waals surface area contributed by atoms with Crippen LogP contribution in [0.2, 0.25) is 0 Å². The zero-order valence-corrected chi connectivity index (χ0v) is 11.4. The topological polar surface area (TPSA) is 29.9 Å². The molecule has 1 atom stereocenters. The van der Waals surface area contributed by atoms with Crippen LogP contribution in [0.5, 0.6) is 0 Å². The Morgan fingerprint density at radius 3 is 2.89 bits per heavy atom. The normalized spacial score (nSPS) is 12.3. The lowest BCUT2D eigenvalue weighted by molar-refractivity contribution is 0.758. The van der Waals surface area contributed by atoms with E-state index in [9.17, 15) is 0 Å². The Morgan fingerprint density at radius 1 is 1.44 bits per heavy atom. The molecule has 2 rings (SSSR count). The maximum absolute atomic E-state index is 4.23. The van der Waals surface area contributed by atoms with Crippen LogP contribution in [0.25, 0.3) is 11.1 Å². The standard InChI is InChI=1S/C14H17N3S/c1-4-18-16-11(2)13-7-5-6-8-14(13)12-9-15-17(3)10-12/h4-11,16H,1H2,2-3H3. The molecule has 1 aromatic carbocycles. The van der Waals surface area contributed by atoms with Crippen LogP contribution in [0, 0.1) is 0 Å². The molecule has 0 fully saturated rings. The molecule has 1 heterocycles. The molecule has 18 heavy (non-hydrogen) atoms. The largest absolute Gasteiger partial charge is 0.275 e. The Morgan fingerprint density at radius 2 is 2.22 bits per heavy atom. The van der Waals surface area contributed by atoms with Crippen LogP contribution in [-0.4, -0.2) is 9.78 Å². The van der Waals surface area contributed by atoms with Gasteiger partial charge in [0.15, 0.2) is 0 Å². The van der Waals surface area contributed by atoms with Gasteiger partial charge >= 0.3 is 0 Å². The second-order valence-electron chi connectivity index (χ2n) is 4.11. The van der Waals surface area contributed by atoms with E-state index in [1.807, 2.05) is 24.1 Å². The highest BCUT2D eigenvalue weighted by Gasteiger charge is 2.11. The highest BCUT2D eigenvalue weighted by atomic mass is 32.2. The summed E-state index contributed by atoms with van der Waals surface area (Å²) in [6.45, 7) is 5.84. The number of hydrogen-bond acceptors (Lipinski definition) is 3. The summed E-state index contributed by atoms with van der Waals surface area (Å²) in [6.07, 6.45) is 3.93. The molecule has 1 unspecified atom stereocenters. The molecule has 0 aliphatic carbocycles. The Kier molecular flexibility index (Phi) is 4.23. The van der Waals surface area contributed by atoms with Gasteiger partial charge in [-0.1, -0.05) is 42.8 Å². The second-order valence-corrected chi connectivity index (χ2v) is 4.92. The van der Waals surface area contributed by atoms with Crippen LogP contribution in [0.3, 0.4) is 0 Å². The van der Waals surface area contributed by atoms with Gasteiger partial charge in [0.1, 0.15) is 0 Å². The summed E-state index contributed by atoms with van der Waals surface area (Å²) in [6, 6.07) is 8.64. The number of hydrogen-bond donors (Lipinski definition) is 1. The first kappa shape index (κ1) is 12.9. The van der Waals surface area contributed by atoms with E-state index in [1.165, 1.54) is 23.1 Å². The molecular weight excluding hydrogens is 242 g/mol. The van der Waals surface area contributed by atoms with Crippen LogP contribution in [0.4, 0.5) is 0 Å². The average molecular weight is 259 g/mol. The summed E-state index contributed by atoms with van der Waals surface area (Å²) < 4.78 is 5.16. The predicted molar refractivity (Wildman–Crippen MR) is 78.0 cm³/mol. The van der Waals surface area contributed by atoms with E-state index in [-0.39, 0.29) is 6.04 Å². The summed E-state index contributed by atoms with van der Waals surface area (Å²) in [5.41, 5.74) is 3.63. The minimum Gasteiger partial charge on any atom is -0.275 e. The van der Waals surface area contributed by atoms with E-state index in [2.05, 4.69) is 47.6 Å². The van der Waals surface area contributed by atoms with Crippen molar-refractivity contribution in [1.29, 1.82) is 0 Å². The summed E-state index contributed by atoms with van der Waals surface area (Å²) in [5, 5.41) is 6.03. The molecule has 0 aliphatic rings. The fourth-order valence-corrected chi connectivity index (χ4v) is 2.34. The first-order valence-electron chi connectivity index (χ1n) is 5.82. The molecule has 0 bridgehead atoms. The van der Waals surface area contributed by atoms with E-state index < -0.39 is 0 Å². The van der Waals surface area contributed by atoms with Crippen molar-refractivity contribution in [2.24, 2.45) is 7.05 Å². The van der Waals surface area contributed by atoms with Gasteiger partial charge in [-0.05, 0) is 23.5 Å². The van der Waals surface area contributed by atoms with Crippen molar-refractivity contribution in [1.82, 2.24) is 14.5 Å². The number of aromatic nitrogens is 2. The predicted octanol–water partition coefficient (Wildman–Crippen LogP) is 3.53. The van der Waals surface area contributed by atoms with Gasteiger partial charge in [-0.3, -0.25) is 9.40 Å². The fourth-order valence-electron chi connectivity index (χ4n) is 1.91. The highest BCUT2D eigenvalue weighted by Crippen LogP contribution is 2.28. The molecule has 0 radical (unpaired) electrons. The van der Waals surface area contributed by atoms with E-state index in [1.54, 1.807) is 5.41 Å². The first-order chi connectivity index (χ1) is 8.72. The molecule has 4 heteroatoms. The molecular formula is C14H17N3S. The molecule has 1 N–H and O–H groups in total. The van der Waals surface area contributed by atoms with Crippen molar-refractivity contribution in [3.63, 3.8) is 0 Å². The van der Waals surface area contributed by atoms with Gasteiger partial charge in [0, 0.05) is 24.8 Å². The summed E-state index contributed by atoms with van der Waals surface area (Å²) in [4.78, 5) is 0. The summed E-state index contributed by atoms with van der Waals surface area (Å²) >= 11 is 1.51. The lowest BCUT2D eigenvalue weighted by Crippen LogP contribution is -2.10. The van der Waals surface area contributed by atoms with E-state index in [0.717, 1.165) is 5.56 Å². The summed E-state index contributed by atoms with van der Waals surface area (Å²) in [7, 11) is 1.93. The van der Waals surface area contributed by atoms with Gasteiger partial charge < -0.3 is 0 Å². The zero-order valence-electron chi connectivity index (χ0n) is 10.6. The third kappa shape index (κ3) is 2.83. The van der Waals surface area contributed by atoms with E-state index in [4.69, 9.17) is 0 Å². The smallest absolute Gasteiger partial charge is 0.0568 e. The zero-order chi connectivity index (χ0) is 13.0. The Bertz CT molecular complexity index is 533. The Labute approximate surface area is 112 Å². The summed E-state index contributed by atoms with van der Waals surface area (Å²) in [5.74, 6) is 0. The van der Waals surface area contributed by atoms with Crippen molar-refractivity contribution in [3.05, 3.63) is 54.2 Å². The van der Waals surface area contributed by atoms with Gasteiger partial charge in [-0.15, -0.1) is 0 Å². The van der Waals surface area contributed by atoms with E-state index in [0.29, 0.717) is 0 Å². The number of aryl methyl sites for hydroxylation is 1. The molecule has 0 amide bonds. The van der Waals surface area contributed by atoms with Crippen LogP contribution < -0.4 is 4.72 Å². The van der Waals surface area contributed by atoms with Gasteiger partial charge in [-0.25, -0.2) is 0 Å². The number of rotatable bonds is 5. The average Bonchev–Trinajstić information content (AvgIpc) is 2.82. The van der Waals surface area contributed by atoms with Gasteiger partial charge in [0.05, 0.1) is 6.20 Å². The molecule has 0 aliphatic heterocycles. The molecule has 1 aromatic heterocycles. The monoisotopic (exact) mass is 259 g/mol. The third-order valence-electron chi connectivity index (χ3n) is 2.77. The van der Waals surface area contributed by atoms with Gasteiger partial charge in [0.2, 0.25) is 0 Å². The minimum absolute atomic E-state index is 0.254. The first-order valence-corrected chi connectivity index (χ1v) is 6.70. The third-order valence-corrected chi connectivity index (χ3v) is 3.43. The van der Waals surface area contributed by atoms with Crippen LogP contribution in [0.1, 0.15) is 18.5 Å². The fraction of sp³-hybridized carbons (Fsp3) is 0.214. The van der Waals surface area contributed by atoms with Crippen molar-refractivity contribution in [2.75, 3.05) is 0 Å². The lowest BCUT2D eigenvalue weighted by Gasteiger charge is -2.15. The Balaban J connectivity index is 2.33. The van der Waals surface area contributed by atoms with Crippen molar-refractivity contribution in [3.8, 4) is 11.1 Å². The molecule has 0 saturated carbocycles. The SMILES string of the molecule is C=CSNC(C)c1ccccc1-c1cnn(C)c1. The van der Waals surface area contributed by atoms with Crippen molar-refractivity contribution >= 4 is 11.9 Å². The van der Waals surface area contributed by atoms with Crippen LogP contribution in [0.15, 0.2) is 48.6 Å². The van der Waals surface area contributed by atoms with Crippen LogP contribution in [-0.2, 0) is 7.05 Å². The number of benzene rings is 1. The number of nitrogens with zero attached hydrogens (tertiary/aromatic N) is 2. The minimum atomic E-state index is 0.254. The van der Waals surface area contributed by atoms with Crippen molar-refractivity contribution in [2.45, 2.75) is 13.0 Å². The highest BCUT2D eigenvalue weighted by molar-refractivity contribution is 8.00. The quantitative estimate of drug-likeness (QED) is 0.833. The molecule has 94 valence electrons. The van der Waals surface area contributed by atoms with Gasteiger partial charge in [0.25, 0.3) is 0 Å². The lowest BCUT2D eigenvalue weighted by atomic mass is 9.98. The molecule has 0 saturated heterocycles. The molecule has 0 spiro atoms. The molecule has 3 nitrogen and oxygen atoms in total. The van der Waals surface area contributed by atoms with Gasteiger partial charge in [-0.2, -0.15) is 5.10 Å². The number of nitrogens with one attached hydrogen (secondary N) is 1. The Hall–Kier alpha value is -1.52. The van der Waals surface area contributed by atoms with Crippen molar-refractivity contribution < 1.29 is 0 Å². The molecule has 2 aromatic rings. The second kappa shape index (κ2) is 5.89. The maximum atomic E-state index is 4.23. The van der Waals surface area contributed by atoms with Crippen LogP contribution >= 0.6 is 11.9 Å². The van der Waals surface area contributed by atoms with E-state index >= 15 is 0 Å². The maximum Gasteiger partial charge on any atom is 0.0568 e.